The molecular formula is C10H19NO. The minimum absolute atomic E-state index is 0.0249. The van der Waals surface area contributed by atoms with Crippen molar-refractivity contribution in [3.63, 3.8) is 0 Å². The van der Waals surface area contributed by atoms with Crippen molar-refractivity contribution in [2.75, 3.05) is 19.6 Å². The quantitative estimate of drug-likeness (QED) is 0.687. The van der Waals surface area contributed by atoms with Crippen LogP contribution in [0.3, 0.4) is 0 Å². The van der Waals surface area contributed by atoms with E-state index < -0.39 is 0 Å². The Morgan fingerprint density at radius 2 is 1.83 bits per heavy atom. The Balaban J connectivity index is 1.69. The molecule has 2 fully saturated rings. The molecule has 1 aliphatic heterocycles. The third kappa shape index (κ3) is 2.20. The molecule has 0 aromatic rings. The lowest BCUT2D eigenvalue weighted by molar-refractivity contribution is 0.0856. The monoisotopic (exact) mass is 169 g/mol. The van der Waals surface area contributed by atoms with Gasteiger partial charge in [0.05, 0.1) is 6.10 Å². The Labute approximate surface area is 74.6 Å². The summed E-state index contributed by atoms with van der Waals surface area (Å²) in [6, 6.07) is 0. The molecule has 1 N–H and O–H groups in total. The molecule has 2 rings (SSSR count). The smallest absolute Gasteiger partial charge is 0.0695 e. The van der Waals surface area contributed by atoms with Crippen LogP contribution in [0.25, 0.3) is 0 Å². The highest BCUT2D eigenvalue weighted by Gasteiger charge is 2.30. The predicted octanol–water partition coefficient (Wildman–Crippen LogP) is 1.24. The Morgan fingerprint density at radius 3 is 2.42 bits per heavy atom. The molecule has 0 aromatic carbocycles. The number of hydrogen-bond acceptors (Lipinski definition) is 2. The average Bonchev–Trinajstić information content (AvgIpc) is 2.88. The highest BCUT2D eigenvalue weighted by atomic mass is 16.3. The molecule has 2 nitrogen and oxygen atoms in total. The molecule has 0 bridgehead atoms. The van der Waals surface area contributed by atoms with Crippen LogP contribution in [0.4, 0.5) is 0 Å². The first kappa shape index (κ1) is 8.52. The van der Waals surface area contributed by atoms with Crippen molar-refractivity contribution in [1.29, 1.82) is 0 Å². The number of likely N-dealkylation sites (tertiary alicyclic amines) is 1. The van der Waals surface area contributed by atoms with E-state index in [1.54, 1.807) is 0 Å². The van der Waals surface area contributed by atoms with E-state index in [0.29, 0.717) is 5.92 Å². The molecule has 1 saturated heterocycles. The highest BCUT2D eigenvalue weighted by Crippen LogP contribution is 2.33. The van der Waals surface area contributed by atoms with Gasteiger partial charge in [-0.3, -0.25) is 0 Å². The van der Waals surface area contributed by atoms with E-state index in [0.717, 1.165) is 6.54 Å². The summed E-state index contributed by atoms with van der Waals surface area (Å²) in [5.41, 5.74) is 0. The Bertz CT molecular complexity index is 139. The van der Waals surface area contributed by atoms with Crippen molar-refractivity contribution in [2.24, 2.45) is 5.92 Å². The number of piperidine rings is 1. The summed E-state index contributed by atoms with van der Waals surface area (Å²) in [7, 11) is 0. The summed E-state index contributed by atoms with van der Waals surface area (Å²) in [6.07, 6.45) is 6.54. The minimum atomic E-state index is -0.0249. The summed E-state index contributed by atoms with van der Waals surface area (Å²) in [5, 5.41) is 9.70. The largest absolute Gasteiger partial charge is 0.392 e. The fourth-order valence-corrected chi connectivity index (χ4v) is 2.04. The fraction of sp³-hybridized carbons (Fsp3) is 1.00. The van der Waals surface area contributed by atoms with E-state index in [9.17, 15) is 5.11 Å². The maximum absolute atomic E-state index is 9.70. The summed E-state index contributed by atoms with van der Waals surface area (Å²) < 4.78 is 0. The van der Waals surface area contributed by atoms with Crippen molar-refractivity contribution in [1.82, 2.24) is 4.90 Å². The second-order valence-electron chi connectivity index (χ2n) is 4.27. The van der Waals surface area contributed by atoms with Crippen LogP contribution in [0.15, 0.2) is 0 Å². The first-order valence-corrected chi connectivity index (χ1v) is 5.26. The average molecular weight is 169 g/mol. The van der Waals surface area contributed by atoms with Gasteiger partial charge in [0.15, 0.2) is 0 Å². The van der Waals surface area contributed by atoms with Gasteiger partial charge in [-0.15, -0.1) is 0 Å². The normalized spacial score (nSPS) is 28.8. The molecule has 1 atom stereocenters. The molecule has 1 saturated carbocycles. The summed E-state index contributed by atoms with van der Waals surface area (Å²) in [5.74, 6) is 0.645. The van der Waals surface area contributed by atoms with Crippen LogP contribution in [0.5, 0.6) is 0 Å². The van der Waals surface area contributed by atoms with Gasteiger partial charge in [0.25, 0.3) is 0 Å². The van der Waals surface area contributed by atoms with Gasteiger partial charge in [0.1, 0.15) is 0 Å². The summed E-state index contributed by atoms with van der Waals surface area (Å²) in [6.45, 7) is 3.36. The van der Waals surface area contributed by atoms with Crippen LogP contribution >= 0.6 is 0 Å². The molecule has 2 heteroatoms. The van der Waals surface area contributed by atoms with E-state index in [2.05, 4.69) is 4.90 Å². The molecule has 1 heterocycles. The van der Waals surface area contributed by atoms with Gasteiger partial charge in [0, 0.05) is 6.54 Å². The topological polar surface area (TPSA) is 23.5 Å². The van der Waals surface area contributed by atoms with Crippen LogP contribution < -0.4 is 0 Å². The van der Waals surface area contributed by atoms with Gasteiger partial charge in [-0.05, 0) is 44.7 Å². The molecule has 0 radical (unpaired) electrons. The molecule has 1 aliphatic carbocycles. The van der Waals surface area contributed by atoms with E-state index >= 15 is 0 Å². The van der Waals surface area contributed by atoms with Crippen molar-refractivity contribution in [3.05, 3.63) is 0 Å². The molecular weight excluding hydrogens is 150 g/mol. The molecule has 12 heavy (non-hydrogen) atoms. The summed E-state index contributed by atoms with van der Waals surface area (Å²) >= 11 is 0. The maximum Gasteiger partial charge on any atom is 0.0695 e. The van der Waals surface area contributed by atoms with Gasteiger partial charge in [-0.2, -0.15) is 0 Å². The minimum Gasteiger partial charge on any atom is -0.392 e. The van der Waals surface area contributed by atoms with Crippen molar-refractivity contribution in [3.8, 4) is 0 Å². The summed E-state index contributed by atoms with van der Waals surface area (Å²) in [4.78, 5) is 2.42. The van der Waals surface area contributed by atoms with Gasteiger partial charge in [-0.25, -0.2) is 0 Å². The molecule has 1 unspecified atom stereocenters. The van der Waals surface area contributed by atoms with Gasteiger partial charge < -0.3 is 10.0 Å². The standard InChI is InChI=1S/C10H19NO/c12-10(9-4-5-9)8-11-6-2-1-3-7-11/h9-10,12H,1-8H2. The van der Waals surface area contributed by atoms with Crippen LogP contribution in [0.1, 0.15) is 32.1 Å². The molecule has 70 valence electrons. The zero-order valence-electron chi connectivity index (χ0n) is 7.71. The van der Waals surface area contributed by atoms with Gasteiger partial charge >= 0.3 is 0 Å². The lowest BCUT2D eigenvalue weighted by atomic mass is 10.1. The first-order chi connectivity index (χ1) is 5.86. The lowest BCUT2D eigenvalue weighted by Gasteiger charge is -2.28. The number of rotatable bonds is 3. The second-order valence-corrected chi connectivity index (χ2v) is 4.27. The van der Waals surface area contributed by atoms with Crippen molar-refractivity contribution in [2.45, 2.75) is 38.2 Å². The highest BCUT2D eigenvalue weighted by molar-refractivity contribution is 4.83. The zero-order chi connectivity index (χ0) is 8.39. The van der Waals surface area contributed by atoms with Crippen molar-refractivity contribution < 1.29 is 5.11 Å². The second kappa shape index (κ2) is 3.75. The maximum atomic E-state index is 9.70. The van der Waals surface area contributed by atoms with E-state index in [4.69, 9.17) is 0 Å². The third-order valence-electron chi connectivity index (χ3n) is 3.06. The van der Waals surface area contributed by atoms with Gasteiger partial charge in [0.2, 0.25) is 0 Å². The number of β-amino-alcohol motifs (C(OH)–C–C–N with tert-alkyl or cyclic N) is 1. The Kier molecular flexibility index (Phi) is 2.66. The van der Waals surface area contributed by atoms with E-state index in [1.165, 1.54) is 45.2 Å². The zero-order valence-corrected chi connectivity index (χ0v) is 7.71. The molecule has 0 amide bonds. The van der Waals surface area contributed by atoms with Crippen LogP contribution in [-0.4, -0.2) is 35.7 Å². The number of aliphatic hydroxyl groups is 1. The van der Waals surface area contributed by atoms with E-state index in [-0.39, 0.29) is 6.10 Å². The molecule has 0 spiro atoms. The lowest BCUT2D eigenvalue weighted by Crippen LogP contribution is -2.37. The predicted molar refractivity (Wildman–Crippen MR) is 49.0 cm³/mol. The van der Waals surface area contributed by atoms with Gasteiger partial charge in [-0.1, -0.05) is 6.42 Å². The number of nitrogens with zero attached hydrogens (tertiary/aromatic N) is 1. The van der Waals surface area contributed by atoms with Crippen LogP contribution in [0.2, 0.25) is 0 Å². The fourth-order valence-electron chi connectivity index (χ4n) is 2.04. The Morgan fingerprint density at radius 1 is 1.17 bits per heavy atom. The first-order valence-electron chi connectivity index (χ1n) is 5.26. The molecule has 2 aliphatic rings. The molecule has 0 aromatic heterocycles. The van der Waals surface area contributed by atoms with Crippen LogP contribution in [0, 0.1) is 5.92 Å². The van der Waals surface area contributed by atoms with E-state index in [1.807, 2.05) is 0 Å². The number of aliphatic hydroxyl groups excluding tert-OH is 1. The van der Waals surface area contributed by atoms with Crippen molar-refractivity contribution >= 4 is 0 Å². The number of hydrogen-bond donors (Lipinski definition) is 1. The Hall–Kier alpha value is -0.0800. The SMILES string of the molecule is OC(CN1CCCCC1)C1CC1. The third-order valence-corrected chi connectivity index (χ3v) is 3.06. The van der Waals surface area contributed by atoms with Crippen LogP contribution in [-0.2, 0) is 0 Å².